The average Bonchev–Trinajstić information content (AvgIpc) is 3.03. The topological polar surface area (TPSA) is 65.5 Å². The summed E-state index contributed by atoms with van der Waals surface area (Å²) in [4.78, 5) is 16.1. The van der Waals surface area contributed by atoms with E-state index in [1.54, 1.807) is 7.05 Å². The first-order valence-corrected chi connectivity index (χ1v) is 8.47. The van der Waals surface area contributed by atoms with Crippen LogP contribution in [0.3, 0.4) is 0 Å². The van der Waals surface area contributed by atoms with Gasteiger partial charge in [0.1, 0.15) is 0 Å². The van der Waals surface area contributed by atoms with E-state index >= 15 is 0 Å². The Morgan fingerprint density at radius 3 is 2.67 bits per heavy atom. The van der Waals surface area contributed by atoms with E-state index in [-0.39, 0.29) is 29.9 Å². The number of rotatable bonds is 6. The normalized spacial score (nSPS) is 14.8. The molecule has 1 saturated carbocycles. The summed E-state index contributed by atoms with van der Waals surface area (Å²) < 4.78 is 0. The molecule has 3 N–H and O–H groups in total. The van der Waals surface area contributed by atoms with E-state index in [9.17, 15) is 4.79 Å². The number of nitrogens with one attached hydrogen (secondary N) is 3. The number of carbonyl (C=O) groups is 1. The van der Waals surface area contributed by atoms with Gasteiger partial charge in [0.15, 0.2) is 5.96 Å². The molecular formula is C18H29IN4O. The molecule has 24 heavy (non-hydrogen) atoms. The fourth-order valence-electron chi connectivity index (χ4n) is 2.89. The maximum atomic E-state index is 11.9. The lowest BCUT2D eigenvalue weighted by atomic mass is 10.1. The first-order chi connectivity index (χ1) is 11.2. The van der Waals surface area contributed by atoms with Crippen molar-refractivity contribution < 1.29 is 4.79 Å². The van der Waals surface area contributed by atoms with Crippen LogP contribution in [0.2, 0.25) is 0 Å². The van der Waals surface area contributed by atoms with Gasteiger partial charge in [0.2, 0.25) is 5.91 Å². The SMILES string of the molecule is CN=C(NCCC(=O)NC1CCCC1)NCc1cccc(C)c1.I. The quantitative estimate of drug-likeness (QED) is 0.359. The minimum Gasteiger partial charge on any atom is -0.356 e. The van der Waals surface area contributed by atoms with Gasteiger partial charge in [-0.3, -0.25) is 9.79 Å². The number of amides is 1. The van der Waals surface area contributed by atoms with Gasteiger partial charge in [-0.2, -0.15) is 0 Å². The highest BCUT2D eigenvalue weighted by molar-refractivity contribution is 14.0. The molecule has 0 radical (unpaired) electrons. The number of aryl methyl sites for hydroxylation is 1. The Kier molecular flexibility index (Phi) is 9.75. The first kappa shape index (κ1) is 20.7. The van der Waals surface area contributed by atoms with Crippen molar-refractivity contribution in [3.05, 3.63) is 35.4 Å². The van der Waals surface area contributed by atoms with Crippen LogP contribution in [0, 0.1) is 6.92 Å². The number of carbonyl (C=O) groups excluding carboxylic acids is 1. The number of hydrogen-bond donors (Lipinski definition) is 3. The maximum absolute atomic E-state index is 11.9. The van der Waals surface area contributed by atoms with Crippen molar-refractivity contribution in [2.75, 3.05) is 13.6 Å². The van der Waals surface area contributed by atoms with Crippen molar-refractivity contribution >= 4 is 35.8 Å². The predicted molar refractivity (Wildman–Crippen MR) is 110 cm³/mol. The van der Waals surface area contributed by atoms with Gasteiger partial charge in [-0.1, -0.05) is 42.7 Å². The number of nitrogens with zero attached hydrogens (tertiary/aromatic N) is 1. The van der Waals surface area contributed by atoms with Gasteiger partial charge in [0.25, 0.3) is 0 Å². The third kappa shape index (κ3) is 7.51. The summed E-state index contributed by atoms with van der Waals surface area (Å²) in [5.74, 6) is 0.846. The van der Waals surface area contributed by atoms with Crippen molar-refractivity contribution in [1.29, 1.82) is 0 Å². The number of benzene rings is 1. The molecule has 0 unspecified atom stereocenters. The standard InChI is InChI=1S/C18H28N4O.HI/c1-14-6-5-7-15(12-14)13-21-18(19-2)20-11-10-17(23)22-16-8-3-4-9-16;/h5-7,12,16H,3-4,8-11,13H2,1-2H3,(H,22,23)(H2,19,20,21);1H. The Hall–Kier alpha value is -1.31. The van der Waals surface area contributed by atoms with Crippen molar-refractivity contribution in [3.63, 3.8) is 0 Å². The van der Waals surface area contributed by atoms with E-state index in [1.165, 1.54) is 24.0 Å². The van der Waals surface area contributed by atoms with Crippen LogP contribution in [0.25, 0.3) is 0 Å². The van der Waals surface area contributed by atoms with Gasteiger partial charge in [0.05, 0.1) is 0 Å². The molecule has 0 spiro atoms. The fourth-order valence-corrected chi connectivity index (χ4v) is 2.89. The van der Waals surface area contributed by atoms with Crippen LogP contribution in [0.5, 0.6) is 0 Å². The van der Waals surface area contributed by atoms with E-state index in [1.807, 2.05) is 0 Å². The van der Waals surface area contributed by atoms with Crippen molar-refractivity contribution in [1.82, 2.24) is 16.0 Å². The van der Waals surface area contributed by atoms with Gasteiger partial charge in [-0.25, -0.2) is 0 Å². The van der Waals surface area contributed by atoms with E-state index in [0.717, 1.165) is 25.3 Å². The smallest absolute Gasteiger partial charge is 0.221 e. The molecule has 1 aliphatic rings. The van der Waals surface area contributed by atoms with Gasteiger partial charge in [-0.15, -0.1) is 24.0 Å². The molecule has 0 aliphatic heterocycles. The largest absolute Gasteiger partial charge is 0.356 e. The van der Waals surface area contributed by atoms with Crippen molar-refractivity contribution in [2.24, 2.45) is 4.99 Å². The van der Waals surface area contributed by atoms with Crippen LogP contribution in [0.15, 0.2) is 29.3 Å². The van der Waals surface area contributed by atoms with Crippen LogP contribution in [-0.2, 0) is 11.3 Å². The Labute approximate surface area is 162 Å². The Morgan fingerprint density at radius 2 is 2.00 bits per heavy atom. The average molecular weight is 444 g/mol. The monoisotopic (exact) mass is 444 g/mol. The zero-order chi connectivity index (χ0) is 16.5. The Morgan fingerprint density at radius 1 is 1.25 bits per heavy atom. The molecule has 0 heterocycles. The molecular weight excluding hydrogens is 415 g/mol. The highest BCUT2D eigenvalue weighted by atomic mass is 127. The maximum Gasteiger partial charge on any atom is 0.221 e. The summed E-state index contributed by atoms with van der Waals surface area (Å²) in [5, 5.41) is 9.55. The summed E-state index contributed by atoms with van der Waals surface area (Å²) in [6, 6.07) is 8.76. The summed E-state index contributed by atoms with van der Waals surface area (Å²) in [6.45, 7) is 3.39. The molecule has 2 rings (SSSR count). The molecule has 0 bridgehead atoms. The molecule has 5 nitrogen and oxygen atoms in total. The van der Waals surface area contributed by atoms with E-state index in [0.29, 0.717) is 19.0 Å². The summed E-state index contributed by atoms with van der Waals surface area (Å²) >= 11 is 0. The number of hydrogen-bond acceptors (Lipinski definition) is 2. The highest BCUT2D eigenvalue weighted by Crippen LogP contribution is 2.17. The van der Waals surface area contributed by atoms with Crippen LogP contribution >= 0.6 is 24.0 Å². The minimum absolute atomic E-state index is 0. The minimum atomic E-state index is 0. The first-order valence-electron chi connectivity index (χ1n) is 8.47. The summed E-state index contributed by atoms with van der Waals surface area (Å²) in [5.41, 5.74) is 2.46. The number of aliphatic imine (C=N–C) groups is 1. The summed E-state index contributed by atoms with van der Waals surface area (Å²) in [7, 11) is 1.74. The lowest BCUT2D eigenvalue weighted by Crippen LogP contribution is -2.40. The molecule has 1 aromatic rings. The molecule has 1 amide bonds. The van der Waals surface area contributed by atoms with Gasteiger partial charge in [0, 0.05) is 32.6 Å². The van der Waals surface area contributed by atoms with Crippen LogP contribution in [0.4, 0.5) is 0 Å². The second-order valence-corrected chi connectivity index (χ2v) is 6.14. The molecule has 0 saturated heterocycles. The van der Waals surface area contributed by atoms with E-state index in [4.69, 9.17) is 0 Å². The second-order valence-electron chi connectivity index (χ2n) is 6.14. The third-order valence-corrected chi connectivity index (χ3v) is 4.13. The number of halogens is 1. The van der Waals surface area contributed by atoms with Crippen molar-refractivity contribution in [2.45, 2.75) is 51.6 Å². The third-order valence-electron chi connectivity index (χ3n) is 4.13. The Bertz CT molecular complexity index is 542. The molecule has 1 fully saturated rings. The van der Waals surface area contributed by atoms with E-state index in [2.05, 4.69) is 52.1 Å². The number of guanidine groups is 1. The molecule has 134 valence electrons. The van der Waals surface area contributed by atoms with Gasteiger partial charge in [-0.05, 0) is 25.3 Å². The zero-order valence-electron chi connectivity index (χ0n) is 14.6. The molecule has 0 atom stereocenters. The molecule has 0 aromatic heterocycles. The summed E-state index contributed by atoms with van der Waals surface area (Å²) in [6.07, 6.45) is 5.19. The van der Waals surface area contributed by atoms with Crippen molar-refractivity contribution in [3.8, 4) is 0 Å². The fraction of sp³-hybridized carbons (Fsp3) is 0.556. The molecule has 1 aromatic carbocycles. The predicted octanol–water partition coefficient (Wildman–Crippen LogP) is 2.73. The molecule has 6 heteroatoms. The van der Waals surface area contributed by atoms with Crippen LogP contribution in [0.1, 0.15) is 43.2 Å². The lowest BCUT2D eigenvalue weighted by molar-refractivity contribution is -0.121. The van der Waals surface area contributed by atoms with Crippen LogP contribution < -0.4 is 16.0 Å². The second kappa shape index (κ2) is 11.3. The van der Waals surface area contributed by atoms with Gasteiger partial charge < -0.3 is 16.0 Å². The highest BCUT2D eigenvalue weighted by Gasteiger charge is 2.16. The van der Waals surface area contributed by atoms with Crippen LogP contribution in [-0.4, -0.2) is 31.5 Å². The lowest BCUT2D eigenvalue weighted by Gasteiger charge is -2.14. The van der Waals surface area contributed by atoms with Gasteiger partial charge >= 0.3 is 0 Å². The van der Waals surface area contributed by atoms with E-state index < -0.39 is 0 Å². The molecule has 1 aliphatic carbocycles. The Balaban J connectivity index is 0.00000288. The zero-order valence-corrected chi connectivity index (χ0v) is 16.9.